The summed E-state index contributed by atoms with van der Waals surface area (Å²) >= 11 is 0. The van der Waals surface area contributed by atoms with Crippen LogP contribution < -0.4 is 10.6 Å². The summed E-state index contributed by atoms with van der Waals surface area (Å²) in [5.74, 6) is 0.204. The summed E-state index contributed by atoms with van der Waals surface area (Å²) in [6, 6.07) is 11.9. The van der Waals surface area contributed by atoms with Crippen molar-refractivity contribution in [2.24, 2.45) is 4.99 Å². The highest BCUT2D eigenvalue weighted by Crippen LogP contribution is 2.34. The normalized spacial score (nSPS) is 16.1. The van der Waals surface area contributed by atoms with Gasteiger partial charge in [0.1, 0.15) is 11.6 Å². The van der Waals surface area contributed by atoms with Crippen molar-refractivity contribution in [3.05, 3.63) is 70.8 Å². The van der Waals surface area contributed by atoms with Crippen LogP contribution >= 0.6 is 24.0 Å². The van der Waals surface area contributed by atoms with Crippen LogP contribution in [0.2, 0.25) is 0 Å². The Kier molecular flexibility index (Phi) is 8.82. The van der Waals surface area contributed by atoms with Crippen molar-refractivity contribution in [1.82, 2.24) is 10.6 Å². The minimum absolute atomic E-state index is 0. The Bertz CT molecular complexity index is 821. The zero-order valence-electron chi connectivity index (χ0n) is 16.8. The van der Waals surface area contributed by atoms with Crippen LogP contribution in [0.5, 0.6) is 0 Å². The predicted molar refractivity (Wildman–Crippen MR) is 123 cm³/mol. The fraction of sp³-hybridized carbons (Fsp3) is 0.409. The molecule has 0 amide bonds. The molecule has 1 fully saturated rings. The highest BCUT2D eigenvalue weighted by Gasteiger charge is 2.34. The van der Waals surface area contributed by atoms with Gasteiger partial charge in [0.05, 0.1) is 0 Å². The largest absolute Gasteiger partial charge is 0.381 e. The molecule has 2 aromatic carbocycles. The number of ether oxygens (including phenoxy) is 1. The molecule has 2 N–H and O–H groups in total. The van der Waals surface area contributed by atoms with Crippen LogP contribution in [-0.2, 0) is 16.7 Å². The first-order valence-electron chi connectivity index (χ1n) is 9.56. The molecule has 158 valence electrons. The monoisotopic (exact) mass is 515 g/mol. The molecule has 1 saturated heterocycles. The minimum atomic E-state index is -0.235. The van der Waals surface area contributed by atoms with Crippen molar-refractivity contribution >= 4 is 29.9 Å². The van der Waals surface area contributed by atoms with E-state index in [1.807, 2.05) is 18.2 Å². The van der Waals surface area contributed by atoms with Gasteiger partial charge in [-0.05, 0) is 54.7 Å². The van der Waals surface area contributed by atoms with Crippen molar-refractivity contribution in [3.8, 4) is 0 Å². The number of aliphatic imine (C=N–C) groups is 1. The van der Waals surface area contributed by atoms with E-state index in [-0.39, 0.29) is 41.0 Å². The average molecular weight is 515 g/mol. The molecule has 0 saturated carbocycles. The van der Waals surface area contributed by atoms with Crippen LogP contribution in [0.4, 0.5) is 8.78 Å². The Balaban J connectivity index is 0.00000300. The van der Waals surface area contributed by atoms with Gasteiger partial charge in [0.2, 0.25) is 0 Å². The molecule has 7 heteroatoms. The van der Waals surface area contributed by atoms with E-state index in [4.69, 9.17) is 4.74 Å². The Morgan fingerprint density at radius 1 is 1.07 bits per heavy atom. The predicted octanol–water partition coefficient (Wildman–Crippen LogP) is 4.30. The number of halogens is 3. The first kappa shape index (κ1) is 23.5. The minimum Gasteiger partial charge on any atom is -0.381 e. The summed E-state index contributed by atoms with van der Waals surface area (Å²) in [4.78, 5) is 4.28. The Morgan fingerprint density at radius 2 is 1.76 bits per heavy atom. The van der Waals surface area contributed by atoms with Gasteiger partial charge in [0, 0.05) is 38.8 Å². The van der Waals surface area contributed by atoms with Gasteiger partial charge in [-0.3, -0.25) is 4.99 Å². The smallest absolute Gasteiger partial charge is 0.191 e. The maximum absolute atomic E-state index is 13.7. The van der Waals surface area contributed by atoms with E-state index in [9.17, 15) is 8.78 Å². The van der Waals surface area contributed by atoms with Gasteiger partial charge in [-0.15, -0.1) is 24.0 Å². The topological polar surface area (TPSA) is 45.7 Å². The standard InChI is InChI=1S/C22H27F2N3O.HI/c1-16-3-4-17(13-20(16)24)14-26-21(25-2)27-15-22(9-11-28-12-10-22)18-5-7-19(23)8-6-18;/h3-8,13H,9-12,14-15H2,1-2H3,(H2,25,26,27);1H. The van der Waals surface area contributed by atoms with Gasteiger partial charge in [-0.1, -0.05) is 24.3 Å². The molecule has 1 aliphatic rings. The molecule has 29 heavy (non-hydrogen) atoms. The van der Waals surface area contributed by atoms with E-state index in [0.29, 0.717) is 37.8 Å². The van der Waals surface area contributed by atoms with Crippen LogP contribution in [0.1, 0.15) is 29.5 Å². The highest BCUT2D eigenvalue weighted by molar-refractivity contribution is 14.0. The van der Waals surface area contributed by atoms with Crippen molar-refractivity contribution in [1.29, 1.82) is 0 Å². The molecule has 0 radical (unpaired) electrons. The van der Waals surface area contributed by atoms with Gasteiger partial charge in [0.15, 0.2) is 5.96 Å². The van der Waals surface area contributed by atoms with Gasteiger partial charge < -0.3 is 15.4 Å². The van der Waals surface area contributed by atoms with Gasteiger partial charge >= 0.3 is 0 Å². The second-order valence-electron chi connectivity index (χ2n) is 7.26. The Morgan fingerprint density at radius 3 is 2.38 bits per heavy atom. The summed E-state index contributed by atoms with van der Waals surface area (Å²) in [6.07, 6.45) is 1.71. The first-order chi connectivity index (χ1) is 13.5. The maximum atomic E-state index is 13.7. The molecular weight excluding hydrogens is 487 g/mol. The molecule has 0 atom stereocenters. The number of guanidine groups is 1. The number of hydrogen-bond acceptors (Lipinski definition) is 2. The lowest BCUT2D eigenvalue weighted by molar-refractivity contribution is 0.0513. The van der Waals surface area contributed by atoms with E-state index < -0.39 is 0 Å². The summed E-state index contributed by atoms with van der Waals surface area (Å²) in [5, 5.41) is 6.62. The first-order valence-corrected chi connectivity index (χ1v) is 9.56. The van der Waals surface area contributed by atoms with Crippen molar-refractivity contribution in [2.45, 2.75) is 31.7 Å². The zero-order valence-corrected chi connectivity index (χ0v) is 19.1. The molecule has 3 rings (SSSR count). The molecule has 0 aromatic heterocycles. The van der Waals surface area contributed by atoms with Crippen molar-refractivity contribution < 1.29 is 13.5 Å². The molecule has 0 spiro atoms. The van der Waals surface area contributed by atoms with E-state index in [1.165, 1.54) is 18.2 Å². The molecule has 0 aliphatic carbocycles. The molecule has 0 bridgehead atoms. The third-order valence-electron chi connectivity index (χ3n) is 5.42. The summed E-state index contributed by atoms with van der Waals surface area (Å²) in [5.41, 5.74) is 2.44. The lowest BCUT2D eigenvalue weighted by Gasteiger charge is -2.38. The molecule has 1 aliphatic heterocycles. The maximum Gasteiger partial charge on any atom is 0.191 e. The summed E-state index contributed by atoms with van der Waals surface area (Å²) < 4.78 is 32.6. The number of benzene rings is 2. The quantitative estimate of drug-likeness (QED) is 0.355. The Labute approximate surface area is 188 Å². The molecular formula is C22H28F2IN3O. The third-order valence-corrected chi connectivity index (χ3v) is 5.42. The molecule has 0 unspecified atom stereocenters. The molecule has 1 heterocycles. The van der Waals surface area contributed by atoms with E-state index in [0.717, 1.165) is 24.0 Å². The third kappa shape index (κ3) is 6.12. The van der Waals surface area contributed by atoms with Crippen molar-refractivity contribution in [3.63, 3.8) is 0 Å². The van der Waals surface area contributed by atoms with E-state index in [1.54, 1.807) is 20.0 Å². The van der Waals surface area contributed by atoms with Crippen LogP contribution in [0, 0.1) is 18.6 Å². The molecule has 2 aromatic rings. The van der Waals surface area contributed by atoms with Crippen molar-refractivity contribution in [2.75, 3.05) is 26.8 Å². The summed E-state index contributed by atoms with van der Waals surface area (Å²) in [7, 11) is 1.71. The second-order valence-corrected chi connectivity index (χ2v) is 7.26. The number of rotatable bonds is 5. The fourth-order valence-electron chi connectivity index (χ4n) is 3.54. The fourth-order valence-corrected chi connectivity index (χ4v) is 3.54. The van der Waals surface area contributed by atoms with Crippen LogP contribution in [-0.4, -0.2) is 32.8 Å². The van der Waals surface area contributed by atoms with Crippen LogP contribution in [0.15, 0.2) is 47.5 Å². The molecule has 4 nitrogen and oxygen atoms in total. The van der Waals surface area contributed by atoms with Crippen LogP contribution in [0.25, 0.3) is 0 Å². The highest BCUT2D eigenvalue weighted by atomic mass is 127. The lowest BCUT2D eigenvalue weighted by atomic mass is 9.74. The van der Waals surface area contributed by atoms with E-state index in [2.05, 4.69) is 15.6 Å². The number of aryl methyl sites for hydroxylation is 1. The second kappa shape index (κ2) is 10.9. The van der Waals surface area contributed by atoms with Crippen LogP contribution in [0.3, 0.4) is 0 Å². The lowest BCUT2D eigenvalue weighted by Crippen LogP contribution is -2.47. The number of nitrogens with one attached hydrogen (secondary N) is 2. The Hall–Kier alpha value is -1.74. The van der Waals surface area contributed by atoms with Gasteiger partial charge in [-0.25, -0.2) is 8.78 Å². The van der Waals surface area contributed by atoms with Gasteiger partial charge in [0.25, 0.3) is 0 Å². The summed E-state index contributed by atoms with van der Waals surface area (Å²) in [6.45, 7) is 4.23. The zero-order chi connectivity index (χ0) is 20.0. The van der Waals surface area contributed by atoms with E-state index >= 15 is 0 Å². The number of hydrogen-bond donors (Lipinski definition) is 2. The van der Waals surface area contributed by atoms with Gasteiger partial charge in [-0.2, -0.15) is 0 Å². The SMILES string of the molecule is CN=C(NCc1ccc(C)c(F)c1)NCC1(c2ccc(F)cc2)CCOCC1.I. The average Bonchev–Trinajstić information content (AvgIpc) is 2.72. The number of nitrogens with zero attached hydrogens (tertiary/aromatic N) is 1.